The fraction of sp³-hybridized carbons (Fsp3) is 0.364. The molecule has 0 atom stereocenters. The second-order valence-electron chi connectivity index (χ2n) is 4.05. The molecule has 0 aliphatic heterocycles. The van der Waals surface area contributed by atoms with Gasteiger partial charge in [0.05, 0.1) is 5.56 Å². The van der Waals surface area contributed by atoms with Gasteiger partial charge in [-0.2, -0.15) is 10.2 Å². The minimum Gasteiger partial charge on any atom is -0.371 e. The number of nitrogens with zero attached hydrogens (tertiary/aromatic N) is 3. The minimum atomic E-state index is -0.605. The molecular weight excluding hydrogens is 220 g/mol. The third kappa shape index (κ3) is 2.05. The standard InChI is InChI=1S/C11H12N4O2/c1-11(2,16-3)10-14-9(17-15-10)8-4-7(5-12)6-13-8/h4,6,13H,1-3H3. The van der Waals surface area contributed by atoms with Crippen LogP contribution in [0.2, 0.25) is 0 Å². The van der Waals surface area contributed by atoms with E-state index in [0.717, 1.165) is 0 Å². The molecule has 0 fully saturated rings. The van der Waals surface area contributed by atoms with E-state index >= 15 is 0 Å². The van der Waals surface area contributed by atoms with E-state index in [1.165, 1.54) is 0 Å². The Morgan fingerprint density at radius 2 is 2.29 bits per heavy atom. The number of aromatic nitrogens is 3. The summed E-state index contributed by atoms with van der Waals surface area (Å²) in [5, 5.41) is 12.6. The minimum absolute atomic E-state index is 0.339. The first-order chi connectivity index (χ1) is 8.06. The van der Waals surface area contributed by atoms with Crippen LogP contribution in [0.1, 0.15) is 25.2 Å². The van der Waals surface area contributed by atoms with E-state index in [2.05, 4.69) is 15.1 Å². The number of hydrogen-bond acceptors (Lipinski definition) is 5. The quantitative estimate of drug-likeness (QED) is 0.871. The number of methoxy groups -OCH3 is 1. The zero-order chi connectivity index (χ0) is 12.5. The van der Waals surface area contributed by atoms with Gasteiger partial charge in [-0.15, -0.1) is 0 Å². The molecular formula is C11H12N4O2. The molecule has 0 aliphatic carbocycles. The van der Waals surface area contributed by atoms with E-state index in [0.29, 0.717) is 23.0 Å². The Hall–Kier alpha value is -2.13. The van der Waals surface area contributed by atoms with Gasteiger partial charge in [0.1, 0.15) is 17.4 Å². The van der Waals surface area contributed by atoms with Crippen LogP contribution in [-0.2, 0) is 10.3 Å². The molecule has 2 aromatic heterocycles. The monoisotopic (exact) mass is 232 g/mol. The molecule has 2 rings (SSSR count). The van der Waals surface area contributed by atoms with Crippen LogP contribution >= 0.6 is 0 Å². The number of ether oxygens (including phenoxy) is 1. The molecule has 0 saturated heterocycles. The summed E-state index contributed by atoms with van der Waals surface area (Å²) in [5.41, 5.74) is 0.532. The van der Waals surface area contributed by atoms with E-state index < -0.39 is 5.60 Å². The van der Waals surface area contributed by atoms with Crippen LogP contribution in [0.25, 0.3) is 11.6 Å². The molecule has 0 saturated carbocycles. The van der Waals surface area contributed by atoms with Crippen LogP contribution in [0.3, 0.4) is 0 Å². The van der Waals surface area contributed by atoms with Crippen molar-refractivity contribution in [3.05, 3.63) is 23.7 Å². The lowest BCUT2D eigenvalue weighted by Gasteiger charge is -2.17. The topological polar surface area (TPSA) is 87.7 Å². The molecule has 0 amide bonds. The van der Waals surface area contributed by atoms with Crippen molar-refractivity contribution in [3.63, 3.8) is 0 Å². The summed E-state index contributed by atoms with van der Waals surface area (Å²) in [7, 11) is 1.58. The van der Waals surface area contributed by atoms with Crippen molar-refractivity contribution >= 4 is 0 Å². The molecule has 0 aliphatic rings. The van der Waals surface area contributed by atoms with E-state index in [-0.39, 0.29) is 0 Å². The second kappa shape index (κ2) is 4.03. The summed E-state index contributed by atoms with van der Waals surface area (Å²) < 4.78 is 10.4. The van der Waals surface area contributed by atoms with Gasteiger partial charge in [-0.1, -0.05) is 5.16 Å². The van der Waals surface area contributed by atoms with Crippen molar-refractivity contribution < 1.29 is 9.26 Å². The Morgan fingerprint density at radius 3 is 2.88 bits per heavy atom. The average Bonchev–Trinajstić information content (AvgIpc) is 2.97. The molecule has 0 radical (unpaired) electrons. The summed E-state index contributed by atoms with van der Waals surface area (Å²) in [6.07, 6.45) is 1.58. The van der Waals surface area contributed by atoms with Crippen molar-refractivity contribution in [2.24, 2.45) is 0 Å². The first-order valence-corrected chi connectivity index (χ1v) is 5.05. The Kier molecular flexibility index (Phi) is 2.69. The maximum atomic E-state index is 8.71. The Balaban J connectivity index is 2.33. The third-order valence-corrected chi connectivity index (χ3v) is 2.52. The molecule has 0 unspecified atom stereocenters. The first-order valence-electron chi connectivity index (χ1n) is 5.05. The van der Waals surface area contributed by atoms with E-state index in [1.54, 1.807) is 19.4 Å². The van der Waals surface area contributed by atoms with Crippen LogP contribution in [0.5, 0.6) is 0 Å². The zero-order valence-corrected chi connectivity index (χ0v) is 9.81. The lowest BCUT2D eigenvalue weighted by molar-refractivity contribution is 0.00973. The van der Waals surface area contributed by atoms with Gasteiger partial charge < -0.3 is 14.2 Å². The van der Waals surface area contributed by atoms with Crippen molar-refractivity contribution in [3.8, 4) is 17.7 Å². The van der Waals surface area contributed by atoms with Crippen LogP contribution in [0.15, 0.2) is 16.8 Å². The van der Waals surface area contributed by atoms with Gasteiger partial charge in [0.2, 0.25) is 5.82 Å². The van der Waals surface area contributed by atoms with Crippen molar-refractivity contribution in [2.45, 2.75) is 19.4 Å². The summed E-state index contributed by atoms with van der Waals surface area (Å²) in [6.45, 7) is 3.69. The smallest absolute Gasteiger partial charge is 0.274 e. The predicted octanol–water partition coefficient (Wildman–Crippen LogP) is 1.82. The van der Waals surface area contributed by atoms with Crippen LogP contribution in [-0.4, -0.2) is 22.2 Å². The number of aromatic amines is 1. The van der Waals surface area contributed by atoms with Crippen molar-refractivity contribution in [1.82, 2.24) is 15.1 Å². The lowest BCUT2D eigenvalue weighted by atomic mass is 10.1. The summed E-state index contributed by atoms with van der Waals surface area (Å²) in [6, 6.07) is 3.67. The van der Waals surface area contributed by atoms with Gasteiger partial charge >= 0.3 is 0 Å². The third-order valence-electron chi connectivity index (χ3n) is 2.52. The van der Waals surface area contributed by atoms with Gasteiger partial charge in [-0.3, -0.25) is 0 Å². The highest BCUT2D eigenvalue weighted by Gasteiger charge is 2.26. The molecule has 2 heterocycles. The van der Waals surface area contributed by atoms with Crippen LogP contribution < -0.4 is 0 Å². The highest BCUT2D eigenvalue weighted by atomic mass is 16.5. The number of hydrogen-bond donors (Lipinski definition) is 1. The maximum Gasteiger partial charge on any atom is 0.274 e. The van der Waals surface area contributed by atoms with Crippen molar-refractivity contribution in [1.29, 1.82) is 5.26 Å². The molecule has 0 aromatic carbocycles. The molecule has 2 aromatic rings. The van der Waals surface area contributed by atoms with Gasteiger partial charge in [-0.05, 0) is 19.9 Å². The highest BCUT2D eigenvalue weighted by Crippen LogP contribution is 2.24. The molecule has 0 bridgehead atoms. The molecule has 17 heavy (non-hydrogen) atoms. The fourth-order valence-electron chi connectivity index (χ4n) is 1.25. The Morgan fingerprint density at radius 1 is 1.53 bits per heavy atom. The lowest BCUT2D eigenvalue weighted by Crippen LogP contribution is -2.21. The summed E-state index contributed by atoms with van der Waals surface area (Å²) in [5.74, 6) is 0.801. The van der Waals surface area contributed by atoms with Crippen molar-refractivity contribution in [2.75, 3.05) is 7.11 Å². The van der Waals surface area contributed by atoms with Crippen LogP contribution in [0, 0.1) is 11.3 Å². The summed E-state index contributed by atoms with van der Waals surface area (Å²) in [4.78, 5) is 7.12. The zero-order valence-electron chi connectivity index (χ0n) is 9.81. The predicted molar refractivity (Wildman–Crippen MR) is 58.8 cm³/mol. The highest BCUT2D eigenvalue weighted by molar-refractivity contribution is 5.51. The largest absolute Gasteiger partial charge is 0.371 e. The molecule has 0 spiro atoms. The number of nitrogens with one attached hydrogen (secondary N) is 1. The van der Waals surface area contributed by atoms with Gasteiger partial charge in [0.15, 0.2) is 0 Å². The van der Waals surface area contributed by atoms with Gasteiger partial charge in [-0.25, -0.2) is 0 Å². The SMILES string of the molecule is COC(C)(C)c1noc(-c2cc(C#N)c[nH]2)n1. The van der Waals surface area contributed by atoms with Gasteiger partial charge in [0.25, 0.3) is 5.89 Å². The molecule has 6 heteroatoms. The number of nitriles is 1. The second-order valence-corrected chi connectivity index (χ2v) is 4.05. The van der Waals surface area contributed by atoms with Crippen LogP contribution in [0.4, 0.5) is 0 Å². The van der Waals surface area contributed by atoms with Gasteiger partial charge in [0, 0.05) is 13.3 Å². The molecule has 88 valence electrons. The maximum absolute atomic E-state index is 8.71. The Bertz CT molecular complexity index is 562. The Labute approximate surface area is 98.2 Å². The number of rotatable bonds is 3. The average molecular weight is 232 g/mol. The molecule has 6 nitrogen and oxygen atoms in total. The van der Waals surface area contributed by atoms with E-state index in [4.69, 9.17) is 14.5 Å². The normalized spacial score (nSPS) is 11.4. The first kappa shape index (κ1) is 11.4. The van der Waals surface area contributed by atoms with E-state index in [9.17, 15) is 0 Å². The molecule has 1 N–H and O–H groups in total. The van der Waals surface area contributed by atoms with E-state index in [1.807, 2.05) is 19.9 Å². The summed E-state index contributed by atoms with van der Waals surface area (Å²) >= 11 is 0. The number of H-pyrrole nitrogens is 1. The fourth-order valence-corrected chi connectivity index (χ4v) is 1.25.